The van der Waals surface area contributed by atoms with Gasteiger partial charge in [0.2, 0.25) is 5.91 Å². The fourth-order valence-corrected chi connectivity index (χ4v) is 1.68. The second-order valence-corrected chi connectivity index (χ2v) is 4.17. The van der Waals surface area contributed by atoms with Crippen LogP contribution in [-0.4, -0.2) is 42.5 Å². The van der Waals surface area contributed by atoms with Crippen LogP contribution >= 0.6 is 24.8 Å². The molecule has 0 unspecified atom stereocenters. The Hall–Kier alpha value is -0.0300. The van der Waals surface area contributed by atoms with Gasteiger partial charge in [0.1, 0.15) is 0 Å². The molecule has 104 valence electrons. The van der Waals surface area contributed by atoms with Crippen molar-refractivity contribution in [3.8, 4) is 0 Å². The van der Waals surface area contributed by atoms with Gasteiger partial charge in [-0.2, -0.15) is 0 Å². The summed E-state index contributed by atoms with van der Waals surface area (Å²) in [5.41, 5.74) is 5.61. The molecule has 0 aromatic heterocycles. The Balaban J connectivity index is 0. The van der Waals surface area contributed by atoms with Crippen LogP contribution in [0.25, 0.3) is 0 Å². The van der Waals surface area contributed by atoms with Gasteiger partial charge in [-0.15, -0.1) is 24.8 Å². The lowest BCUT2D eigenvalue weighted by Crippen LogP contribution is -2.43. The van der Waals surface area contributed by atoms with Crippen molar-refractivity contribution < 1.29 is 4.79 Å². The van der Waals surface area contributed by atoms with Crippen molar-refractivity contribution in [1.82, 2.24) is 10.2 Å². The summed E-state index contributed by atoms with van der Waals surface area (Å²) in [7, 11) is 0. The summed E-state index contributed by atoms with van der Waals surface area (Å²) in [5, 5.41) is 2.88. The number of carbonyl (C=O) groups excluding carboxylic acids is 1. The van der Waals surface area contributed by atoms with Gasteiger partial charge in [-0.05, 0) is 25.8 Å². The number of nitrogens with one attached hydrogen (secondary N) is 1. The molecule has 0 heterocycles. The standard InChI is InChI=1S/C11H23N3O.2ClH/c1-3-10(12)11(15)13-7-8-14(4-2)9-5-6-9;;/h9-10H,3-8,12H2,1-2H3,(H,13,15);2*1H/t10-;;/m0../s1. The summed E-state index contributed by atoms with van der Waals surface area (Å²) in [6.07, 6.45) is 3.33. The molecule has 1 saturated carbocycles. The number of hydrogen-bond acceptors (Lipinski definition) is 3. The Morgan fingerprint density at radius 1 is 1.41 bits per heavy atom. The molecule has 0 radical (unpaired) electrons. The van der Waals surface area contributed by atoms with Crippen molar-refractivity contribution in [2.45, 2.75) is 45.2 Å². The van der Waals surface area contributed by atoms with E-state index in [1.807, 2.05) is 6.92 Å². The molecule has 1 rings (SSSR count). The molecule has 0 aliphatic heterocycles. The third kappa shape index (κ3) is 7.09. The lowest BCUT2D eigenvalue weighted by atomic mass is 10.2. The monoisotopic (exact) mass is 285 g/mol. The number of likely N-dealkylation sites (N-methyl/N-ethyl adjacent to an activating group) is 1. The van der Waals surface area contributed by atoms with Crippen molar-refractivity contribution in [3.05, 3.63) is 0 Å². The van der Waals surface area contributed by atoms with Crippen LogP contribution in [0.15, 0.2) is 0 Å². The van der Waals surface area contributed by atoms with Crippen molar-refractivity contribution in [2.75, 3.05) is 19.6 Å². The minimum Gasteiger partial charge on any atom is -0.353 e. The van der Waals surface area contributed by atoms with Gasteiger partial charge < -0.3 is 11.1 Å². The Bertz CT molecular complexity index is 213. The fourth-order valence-electron chi connectivity index (χ4n) is 1.68. The molecule has 1 amide bonds. The first-order valence-corrected chi connectivity index (χ1v) is 5.96. The van der Waals surface area contributed by atoms with E-state index < -0.39 is 0 Å². The quantitative estimate of drug-likeness (QED) is 0.738. The maximum Gasteiger partial charge on any atom is 0.236 e. The van der Waals surface area contributed by atoms with E-state index in [1.165, 1.54) is 12.8 Å². The zero-order chi connectivity index (χ0) is 11.3. The van der Waals surface area contributed by atoms with Crippen LogP contribution in [0.2, 0.25) is 0 Å². The maximum atomic E-state index is 11.4. The minimum atomic E-state index is -0.346. The molecular weight excluding hydrogens is 261 g/mol. The van der Waals surface area contributed by atoms with Gasteiger partial charge in [-0.1, -0.05) is 13.8 Å². The molecule has 0 aromatic carbocycles. The van der Waals surface area contributed by atoms with Crippen LogP contribution in [-0.2, 0) is 4.79 Å². The number of nitrogens with zero attached hydrogens (tertiary/aromatic N) is 1. The number of halogens is 2. The topological polar surface area (TPSA) is 58.4 Å². The van der Waals surface area contributed by atoms with Gasteiger partial charge in [0, 0.05) is 19.1 Å². The highest BCUT2D eigenvalue weighted by atomic mass is 35.5. The normalized spacial score (nSPS) is 15.8. The van der Waals surface area contributed by atoms with Gasteiger partial charge in [-0.25, -0.2) is 0 Å². The Morgan fingerprint density at radius 3 is 2.41 bits per heavy atom. The first-order chi connectivity index (χ1) is 7.19. The number of amides is 1. The van der Waals surface area contributed by atoms with Crippen LogP contribution in [0.1, 0.15) is 33.1 Å². The van der Waals surface area contributed by atoms with Crippen LogP contribution < -0.4 is 11.1 Å². The van der Waals surface area contributed by atoms with E-state index in [-0.39, 0.29) is 36.8 Å². The van der Waals surface area contributed by atoms with Crippen molar-refractivity contribution >= 4 is 30.7 Å². The molecule has 1 aliphatic rings. The molecule has 4 nitrogen and oxygen atoms in total. The molecule has 0 spiro atoms. The van der Waals surface area contributed by atoms with E-state index in [9.17, 15) is 4.79 Å². The van der Waals surface area contributed by atoms with Crippen LogP contribution in [0, 0.1) is 0 Å². The highest BCUT2D eigenvalue weighted by molar-refractivity contribution is 5.85. The first kappa shape index (κ1) is 19.3. The van der Waals surface area contributed by atoms with Gasteiger partial charge in [-0.3, -0.25) is 9.69 Å². The van der Waals surface area contributed by atoms with Crippen molar-refractivity contribution in [3.63, 3.8) is 0 Å². The lowest BCUT2D eigenvalue weighted by Gasteiger charge is -2.20. The van der Waals surface area contributed by atoms with Crippen LogP contribution in [0.3, 0.4) is 0 Å². The predicted molar refractivity (Wildman–Crippen MR) is 76.0 cm³/mol. The van der Waals surface area contributed by atoms with Gasteiger partial charge in [0.25, 0.3) is 0 Å². The van der Waals surface area contributed by atoms with Gasteiger partial charge >= 0.3 is 0 Å². The Labute approximate surface area is 117 Å². The predicted octanol–water partition coefficient (Wildman–Crippen LogP) is 1.17. The summed E-state index contributed by atoms with van der Waals surface area (Å²) in [5.74, 6) is -0.0237. The second kappa shape index (κ2) is 9.95. The molecule has 17 heavy (non-hydrogen) atoms. The summed E-state index contributed by atoms with van der Waals surface area (Å²) in [6, 6.07) is 0.424. The number of carbonyl (C=O) groups is 1. The highest BCUT2D eigenvalue weighted by Gasteiger charge is 2.27. The molecular formula is C11H25Cl2N3O. The number of nitrogens with two attached hydrogens (primary N) is 1. The third-order valence-corrected chi connectivity index (χ3v) is 2.94. The third-order valence-electron chi connectivity index (χ3n) is 2.94. The molecule has 1 aliphatic carbocycles. The highest BCUT2D eigenvalue weighted by Crippen LogP contribution is 2.25. The van der Waals surface area contributed by atoms with Crippen LogP contribution in [0.4, 0.5) is 0 Å². The number of hydrogen-bond donors (Lipinski definition) is 2. The summed E-state index contributed by atoms with van der Waals surface area (Å²) in [4.78, 5) is 13.8. The molecule has 1 fully saturated rings. The first-order valence-electron chi connectivity index (χ1n) is 5.96. The van der Waals surface area contributed by atoms with E-state index in [1.54, 1.807) is 0 Å². The second-order valence-electron chi connectivity index (χ2n) is 4.17. The zero-order valence-electron chi connectivity index (χ0n) is 10.6. The summed E-state index contributed by atoms with van der Waals surface area (Å²) in [6.45, 7) is 6.82. The van der Waals surface area contributed by atoms with E-state index in [0.29, 0.717) is 6.42 Å². The molecule has 1 atom stereocenters. The SMILES string of the molecule is CC[C@H](N)C(=O)NCCN(CC)C1CC1.Cl.Cl. The molecule has 0 bridgehead atoms. The van der Waals surface area contributed by atoms with E-state index in [2.05, 4.69) is 17.1 Å². The van der Waals surface area contributed by atoms with Crippen LogP contribution in [0.5, 0.6) is 0 Å². The van der Waals surface area contributed by atoms with E-state index in [4.69, 9.17) is 5.73 Å². The van der Waals surface area contributed by atoms with Gasteiger partial charge in [0.05, 0.1) is 6.04 Å². The van der Waals surface area contributed by atoms with Crippen molar-refractivity contribution in [2.24, 2.45) is 5.73 Å². The lowest BCUT2D eigenvalue weighted by molar-refractivity contribution is -0.122. The average molecular weight is 286 g/mol. The average Bonchev–Trinajstić information content (AvgIpc) is 3.06. The van der Waals surface area contributed by atoms with Crippen molar-refractivity contribution in [1.29, 1.82) is 0 Å². The zero-order valence-corrected chi connectivity index (χ0v) is 12.3. The summed E-state index contributed by atoms with van der Waals surface area (Å²) >= 11 is 0. The van der Waals surface area contributed by atoms with E-state index in [0.717, 1.165) is 25.7 Å². The minimum absolute atomic E-state index is 0. The molecule has 3 N–H and O–H groups in total. The fraction of sp³-hybridized carbons (Fsp3) is 0.909. The van der Waals surface area contributed by atoms with E-state index >= 15 is 0 Å². The molecule has 0 saturated heterocycles. The Kier molecular flexibility index (Phi) is 11.3. The molecule has 0 aromatic rings. The smallest absolute Gasteiger partial charge is 0.236 e. The largest absolute Gasteiger partial charge is 0.353 e. The maximum absolute atomic E-state index is 11.4. The summed E-state index contributed by atoms with van der Waals surface area (Å²) < 4.78 is 0. The number of rotatable bonds is 7. The molecule has 6 heteroatoms. The Morgan fingerprint density at radius 2 is 2.00 bits per heavy atom. The van der Waals surface area contributed by atoms with Gasteiger partial charge in [0.15, 0.2) is 0 Å².